The molecule has 0 aliphatic heterocycles. The summed E-state index contributed by atoms with van der Waals surface area (Å²) < 4.78 is 6.85. The predicted octanol–water partition coefficient (Wildman–Crippen LogP) is 6.32. The smallest absolute Gasteiger partial charge is 0.255 e. The highest BCUT2D eigenvalue weighted by Crippen LogP contribution is 2.24. The summed E-state index contributed by atoms with van der Waals surface area (Å²) in [5.74, 6) is 0.660. The van der Waals surface area contributed by atoms with Crippen molar-refractivity contribution < 1.29 is 9.53 Å². The zero-order valence-corrected chi connectivity index (χ0v) is 17.7. The zero-order chi connectivity index (χ0) is 20.8. The van der Waals surface area contributed by atoms with E-state index in [1.165, 1.54) is 10.3 Å². The van der Waals surface area contributed by atoms with Gasteiger partial charge in [0.25, 0.3) is 5.91 Å². The van der Waals surface area contributed by atoms with Gasteiger partial charge in [0, 0.05) is 17.7 Å². The molecule has 0 radical (unpaired) electrons. The number of anilines is 1. The minimum absolute atomic E-state index is 0.131. The lowest BCUT2D eigenvalue weighted by atomic mass is 10.1. The Hall–Kier alpha value is -3.18. The van der Waals surface area contributed by atoms with Crippen LogP contribution in [0.1, 0.15) is 40.7 Å². The molecule has 5 heteroatoms. The van der Waals surface area contributed by atoms with Crippen molar-refractivity contribution in [2.24, 2.45) is 0 Å². The molecule has 0 atom stereocenters. The van der Waals surface area contributed by atoms with E-state index >= 15 is 0 Å². The number of carbonyl (C=O) groups excluding carboxylic acids is 1. The van der Waals surface area contributed by atoms with Gasteiger partial charge in [-0.15, -0.1) is 11.3 Å². The molecule has 1 amide bonds. The van der Waals surface area contributed by atoms with Crippen molar-refractivity contribution in [3.05, 3.63) is 88.9 Å². The molecule has 1 N–H and O–H groups in total. The third-order valence-corrected chi connectivity index (χ3v) is 5.82. The van der Waals surface area contributed by atoms with Crippen LogP contribution < -0.4 is 10.1 Å². The van der Waals surface area contributed by atoms with Crippen LogP contribution in [0.4, 0.5) is 5.69 Å². The Bertz CT molecular complexity index is 1090. The Kier molecular flexibility index (Phi) is 6.40. The molecule has 0 aliphatic carbocycles. The van der Waals surface area contributed by atoms with Crippen LogP contribution in [0.2, 0.25) is 0 Å². The van der Waals surface area contributed by atoms with Crippen LogP contribution in [0.5, 0.6) is 5.75 Å². The first-order chi connectivity index (χ1) is 14.7. The quantitative estimate of drug-likeness (QED) is 0.342. The van der Waals surface area contributed by atoms with Crippen molar-refractivity contribution in [1.82, 2.24) is 4.98 Å². The minimum atomic E-state index is -0.131. The van der Waals surface area contributed by atoms with Gasteiger partial charge in [0.05, 0.1) is 21.8 Å². The predicted molar refractivity (Wildman–Crippen MR) is 124 cm³/mol. The van der Waals surface area contributed by atoms with Gasteiger partial charge in [-0.25, -0.2) is 4.98 Å². The number of para-hydroxylation sites is 1. The molecular weight excluding hydrogens is 392 g/mol. The van der Waals surface area contributed by atoms with Crippen LogP contribution in [0.15, 0.2) is 72.8 Å². The van der Waals surface area contributed by atoms with Gasteiger partial charge in [0.2, 0.25) is 0 Å². The average molecular weight is 417 g/mol. The van der Waals surface area contributed by atoms with E-state index in [0.717, 1.165) is 41.2 Å². The summed E-state index contributed by atoms with van der Waals surface area (Å²) in [4.78, 5) is 17.2. The highest BCUT2D eigenvalue weighted by molar-refractivity contribution is 7.18. The van der Waals surface area contributed by atoms with E-state index in [-0.39, 0.29) is 5.91 Å². The molecule has 0 saturated heterocycles. The number of amides is 1. The summed E-state index contributed by atoms with van der Waals surface area (Å²) >= 11 is 1.72. The Morgan fingerprint density at radius 2 is 1.77 bits per heavy atom. The van der Waals surface area contributed by atoms with E-state index in [2.05, 4.69) is 23.3 Å². The van der Waals surface area contributed by atoms with Crippen LogP contribution in [0.3, 0.4) is 0 Å². The molecule has 1 aromatic heterocycles. The summed E-state index contributed by atoms with van der Waals surface area (Å²) in [6.07, 6.45) is 2.91. The molecular formula is C25H24N2O2S. The zero-order valence-electron chi connectivity index (χ0n) is 16.9. The van der Waals surface area contributed by atoms with Crippen molar-refractivity contribution in [1.29, 1.82) is 0 Å². The fourth-order valence-electron chi connectivity index (χ4n) is 3.12. The maximum Gasteiger partial charge on any atom is 0.255 e. The number of ether oxygens (including phenoxy) is 1. The topological polar surface area (TPSA) is 51.2 Å². The van der Waals surface area contributed by atoms with Crippen LogP contribution in [-0.2, 0) is 6.42 Å². The molecule has 1 heterocycles. The third-order valence-electron chi connectivity index (χ3n) is 4.79. The summed E-state index contributed by atoms with van der Waals surface area (Å²) in [6.45, 7) is 2.83. The molecule has 4 nitrogen and oxygen atoms in total. The largest absolute Gasteiger partial charge is 0.494 e. The number of benzene rings is 3. The molecule has 0 fully saturated rings. The maximum atomic E-state index is 12.5. The molecule has 4 aromatic rings. The second-order valence-electron chi connectivity index (χ2n) is 7.13. The summed E-state index contributed by atoms with van der Waals surface area (Å²) in [6, 6.07) is 23.4. The fraction of sp³-hybridized carbons (Fsp3) is 0.200. The Balaban J connectivity index is 1.35. The van der Waals surface area contributed by atoms with E-state index < -0.39 is 0 Å². The van der Waals surface area contributed by atoms with Crippen LogP contribution >= 0.6 is 11.3 Å². The number of unbranched alkanes of at least 4 members (excludes halogenated alkanes) is 1. The summed E-state index contributed by atoms with van der Waals surface area (Å²) in [7, 11) is 0. The van der Waals surface area contributed by atoms with Crippen LogP contribution in [0.25, 0.3) is 10.2 Å². The number of nitrogens with one attached hydrogen (secondary N) is 1. The lowest BCUT2D eigenvalue weighted by molar-refractivity contribution is 0.102. The maximum absolute atomic E-state index is 12.5. The second kappa shape index (κ2) is 9.55. The number of aromatic nitrogens is 1. The van der Waals surface area contributed by atoms with Crippen molar-refractivity contribution in [2.75, 3.05) is 11.9 Å². The van der Waals surface area contributed by atoms with Gasteiger partial charge in [-0.1, -0.05) is 37.6 Å². The van der Waals surface area contributed by atoms with Gasteiger partial charge in [0.15, 0.2) is 0 Å². The fourth-order valence-corrected chi connectivity index (χ4v) is 4.12. The SMILES string of the molecule is CCCCOc1ccc(C(=O)Nc2ccc(Cc3nc4ccccc4s3)cc2)cc1. The Labute approximate surface area is 180 Å². The van der Waals surface area contributed by atoms with Gasteiger partial charge < -0.3 is 10.1 Å². The number of nitrogens with zero attached hydrogens (tertiary/aromatic N) is 1. The monoisotopic (exact) mass is 416 g/mol. The molecule has 0 spiro atoms. The molecule has 0 bridgehead atoms. The number of rotatable bonds is 8. The minimum Gasteiger partial charge on any atom is -0.494 e. The van der Waals surface area contributed by atoms with Crippen molar-refractivity contribution in [2.45, 2.75) is 26.2 Å². The number of hydrogen-bond acceptors (Lipinski definition) is 4. The van der Waals surface area contributed by atoms with Crippen molar-refractivity contribution in [3.8, 4) is 5.75 Å². The number of hydrogen-bond donors (Lipinski definition) is 1. The van der Waals surface area contributed by atoms with E-state index in [0.29, 0.717) is 12.2 Å². The van der Waals surface area contributed by atoms with E-state index in [4.69, 9.17) is 4.74 Å². The second-order valence-corrected chi connectivity index (χ2v) is 8.24. The first-order valence-corrected chi connectivity index (χ1v) is 11.0. The Morgan fingerprint density at radius 1 is 1.00 bits per heavy atom. The van der Waals surface area contributed by atoms with E-state index in [9.17, 15) is 4.79 Å². The van der Waals surface area contributed by atoms with Crippen LogP contribution in [-0.4, -0.2) is 17.5 Å². The van der Waals surface area contributed by atoms with Gasteiger partial charge in [-0.3, -0.25) is 4.79 Å². The molecule has 0 aliphatic rings. The molecule has 152 valence electrons. The standard InChI is InChI=1S/C25H24N2O2S/c1-2-3-16-29-21-14-10-19(11-15-21)25(28)26-20-12-8-18(9-13-20)17-24-27-22-6-4-5-7-23(22)30-24/h4-15H,2-3,16-17H2,1H3,(H,26,28). The number of thiazole rings is 1. The van der Waals surface area contributed by atoms with Gasteiger partial charge in [0.1, 0.15) is 5.75 Å². The number of fused-ring (bicyclic) bond motifs is 1. The first-order valence-electron chi connectivity index (χ1n) is 10.2. The van der Waals surface area contributed by atoms with E-state index in [1.807, 2.05) is 54.6 Å². The van der Waals surface area contributed by atoms with Crippen molar-refractivity contribution in [3.63, 3.8) is 0 Å². The highest BCUT2D eigenvalue weighted by atomic mass is 32.1. The molecule has 0 saturated carbocycles. The molecule has 4 rings (SSSR count). The summed E-state index contributed by atoms with van der Waals surface area (Å²) in [5.41, 5.74) is 3.59. The number of carbonyl (C=O) groups is 1. The molecule has 3 aromatic carbocycles. The normalized spacial score (nSPS) is 10.8. The average Bonchev–Trinajstić information content (AvgIpc) is 3.18. The third kappa shape index (κ3) is 5.05. The Morgan fingerprint density at radius 3 is 2.50 bits per heavy atom. The molecule has 0 unspecified atom stereocenters. The van der Waals surface area contributed by atoms with Gasteiger partial charge in [-0.2, -0.15) is 0 Å². The van der Waals surface area contributed by atoms with Gasteiger partial charge >= 0.3 is 0 Å². The first kappa shape index (κ1) is 20.1. The van der Waals surface area contributed by atoms with Gasteiger partial charge in [-0.05, 0) is 60.5 Å². The highest BCUT2D eigenvalue weighted by Gasteiger charge is 2.08. The lowest BCUT2D eigenvalue weighted by Crippen LogP contribution is -2.11. The summed E-state index contributed by atoms with van der Waals surface area (Å²) in [5, 5.41) is 4.04. The molecule has 30 heavy (non-hydrogen) atoms. The van der Waals surface area contributed by atoms with Crippen LogP contribution in [0, 0.1) is 0 Å². The van der Waals surface area contributed by atoms with Crippen molar-refractivity contribution >= 4 is 33.1 Å². The van der Waals surface area contributed by atoms with E-state index in [1.54, 1.807) is 23.5 Å². The lowest BCUT2D eigenvalue weighted by Gasteiger charge is -2.08.